The van der Waals surface area contributed by atoms with E-state index in [-0.39, 0.29) is 32.5 Å². The van der Waals surface area contributed by atoms with E-state index in [2.05, 4.69) is 23.8 Å². The van der Waals surface area contributed by atoms with Crippen LogP contribution < -0.4 is 10.6 Å². The summed E-state index contributed by atoms with van der Waals surface area (Å²) < 4.78 is 10.3. The lowest BCUT2D eigenvalue weighted by molar-refractivity contribution is -0.152. The van der Waals surface area contributed by atoms with Crippen molar-refractivity contribution in [2.75, 3.05) is 13.2 Å². The lowest BCUT2D eigenvalue weighted by Gasteiger charge is -2.41. The zero-order valence-corrected chi connectivity index (χ0v) is 22.7. The predicted molar refractivity (Wildman–Crippen MR) is 142 cm³/mol. The second-order valence-electron chi connectivity index (χ2n) is 9.72. The van der Waals surface area contributed by atoms with Crippen molar-refractivity contribution < 1.29 is 28.7 Å². The number of nitrogens with one attached hydrogen (secondary N) is 2. The molecule has 9 heteroatoms. The molecule has 0 bridgehead atoms. The fraction of sp³-hybridized carbons (Fsp3) is 0.500. The van der Waals surface area contributed by atoms with Gasteiger partial charge >= 0.3 is 12.1 Å². The fourth-order valence-corrected chi connectivity index (χ4v) is 3.55. The molecule has 204 valence electrons. The third-order valence-electron chi connectivity index (χ3n) is 5.47. The van der Waals surface area contributed by atoms with E-state index >= 15 is 0 Å². The van der Waals surface area contributed by atoms with Crippen LogP contribution in [-0.4, -0.2) is 59.1 Å². The van der Waals surface area contributed by atoms with Crippen molar-refractivity contribution in [1.82, 2.24) is 15.5 Å². The number of rotatable bonds is 14. The molecule has 0 saturated carbocycles. The largest absolute Gasteiger partial charge is 0.464 e. The van der Waals surface area contributed by atoms with E-state index < -0.39 is 41.1 Å². The fourth-order valence-electron chi connectivity index (χ4n) is 3.55. The summed E-state index contributed by atoms with van der Waals surface area (Å²) in [6.07, 6.45) is 3.24. The van der Waals surface area contributed by atoms with Crippen molar-refractivity contribution in [2.24, 2.45) is 0 Å². The average Bonchev–Trinajstić information content (AvgIpc) is 2.83. The molecule has 0 heterocycles. The number of esters is 1. The van der Waals surface area contributed by atoms with Crippen molar-refractivity contribution in [3.05, 3.63) is 61.2 Å². The Balaban J connectivity index is 3.34. The van der Waals surface area contributed by atoms with Crippen LogP contribution in [0.2, 0.25) is 0 Å². The highest BCUT2D eigenvalue weighted by Gasteiger charge is 2.43. The molecule has 0 aliphatic rings. The maximum absolute atomic E-state index is 13.7. The summed E-state index contributed by atoms with van der Waals surface area (Å²) >= 11 is 0. The number of carbonyl (C=O) groups excluding carboxylic acids is 4. The Labute approximate surface area is 220 Å². The number of ether oxygens (including phenoxy) is 2. The topological polar surface area (TPSA) is 114 Å². The number of amides is 3. The van der Waals surface area contributed by atoms with Crippen molar-refractivity contribution in [2.45, 2.75) is 77.6 Å². The Kier molecular flexibility index (Phi) is 12.6. The number of allylic oxidation sites excluding steroid dienone is 1. The van der Waals surface area contributed by atoms with E-state index in [0.29, 0.717) is 6.42 Å². The maximum Gasteiger partial charge on any atom is 0.408 e. The number of nitrogens with zero attached hydrogens (tertiary/aromatic N) is 1. The molecule has 37 heavy (non-hydrogen) atoms. The molecule has 0 fully saturated rings. The van der Waals surface area contributed by atoms with Gasteiger partial charge in [0, 0.05) is 6.54 Å². The van der Waals surface area contributed by atoms with Crippen LogP contribution in [0.4, 0.5) is 4.79 Å². The number of hydrogen-bond donors (Lipinski definition) is 2. The van der Waals surface area contributed by atoms with E-state index in [0.717, 1.165) is 5.56 Å². The summed E-state index contributed by atoms with van der Waals surface area (Å²) in [6, 6.07) is 8.24. The average molecular weight is 516 g/mol. The van der Waals surface area contributed by atoms with Crippen LogP contribution in [0.25, 0.3) is 0 Å². The van der Waals surface area contributed by atoms with Gasteiger partial charge in [0.2, 0.25) is 11.8 Å². The van der Waals surface area contributed by atoms with Gasteiger partial charge in [-0.3, -0.25) is 9.59 Å². The van der Waals surface area contributed by atoms with Crippen LogP contribution in [0.15, 0.2) is 55.6 Å². The molecule has 2 N–H and O–H groups in total. The molecule has 3 amide bonds. The first-order chi connectivity index (χ1) is 17.4. The third kappa shape index (κ3) is 10.5. The summed E-state index contributed by atoms with van der Waals surface area (Å²) in [6.45, 7) is 15.8. The summed E-state index contributed by atoms with van der Waals surface area (Å²) in [7, 11) is 0. The monoisotopic (exact) mass is 515 g/mol. The Morgan fingerprint density at radius 2 is 1.70 bits per heavy atom. The Morgan fingerprint density at radius 3 is 2.24 bits per heavy atom. The minimum atomic E-state index is -1.39. The highest BCUT2D eigenvalue weighted by molar-refractivity contribution is 5.94. The highest BCUT2D eigenvalue weighted by Crippen LogP contribution is 2.26. The second kappa shape index (κ2) is 14.8. The minimum absolute atomic E-state index is 0.0995. The van der Waals surface area contributed by atoms with E-state index in [1.54, 1.807) is 40.7 Å². The maximum atomic E-state index is 13.7. The van der Waals surface area contributed by atoms with Gasteiger partial charge in [0.25, 0.3) is 0 Å². The summed E-state index contributed by atoms with van der Waals surface area (Å²) in [4.78, 5) is 53.3. The number of alkyl carbamates (subject to hydrolysis) is 1. The van der Waals surface area contributed by atoms with Crippen LogP contribution in [-0.2, 0) is 30.4 Å². The molecule has 2 atom stereocenters. The van der Waals surface area contributed by atoms with Crippen LogP contribution in [0.1, 0.15) is 59.4 Å². The molecule has 1 aromatic carbocycles. The molecule has 0 aromatic heterocycles. The standard InChI is InChI=1S/C28H41N3O6/c1-8-11-18-28(7,25(34)30-22(15-9-2)24(33)36-10-3)31(20-21-16-13-12-14-17-21)23(32)19-29-26(35)37-27(4,5)6/h8-9,12-14,16-17,22H,1-2,10-11,15,18-20H2,3-7H3,(H,29,35)(H,30,34). The van der Waals surface area contributed by atoms with Crippen LogP contribution >= 0.6 is 0 Å². The lowest BCUT2D eigenvalue weighted by Crippen LogP contribution is -2.62. The Bertz CT molecular complexity index is 941. The summed E-state index contributed by atoms with van der Waals surface area (Å²) in [5.74, 6) is -1.61. The van der Waals surface area contributed by atoms with Gasteiger partial charge in [-0.25, -0.2) is 9.59 Å². The Hall–Kier alpha value is -3.62. The predicted octanol–water partition coefficient (Wildman–Crippen LogP) is 3.89. The molecule has 0 aliphatic carbocycles. The molecular weight excluding hydrogens is 474 g/mol. The van der Waals surface area contributed by atoms with Crippen LogP contribution in [0.3, 0.4) is 0 Å². The van der Waals surface area contributed by atoms with Gasteiger partial charge in [0.1, 0.15) is 23.7 Å². The van der Waals surface area contributed by atoms with Gasteiger partial charge in [-0.2, -0.15) is 0 Å². The normalized spacial score (nSPS) is 13.3. The zero-order chi connectivity index (χ0) is 28.1. The molecule has 1 rings (SSSR count). The van der Waals surface area contributed by atoms with E-state index in [1.165, 1.54) is 11.0 Å². The van der Waals surface area contributed by atoms with Crippen molar-refractivity contribution >= 4 is 23.9 Å². The molecule has 0 radical (unpaired) electrons. The number of hydrogen-bond acceptors (Lipinski definition) is 6. The highest BCUT2D eigenvalue weighted by atomic mass is 16.6. The minimum Gasteiger partial charge on any atom is -0.464 e. The van der Waals surface area contributed by atoms with Crippen LogP contribution in [0.5, 0.6) is 0 Å². The van der Waals surface area contributed by atoms with Gasteiger partial charge in [0.05, 0.1) is 6.61 Å². The molecule has 2 unspecified atom stereocenters. The van der Waals surface area contributed by atoms with Crippen molar-refractivity contribution in [3.8, 4) is 0 Å². The molecular formula is C28H41N3O6. The first kappa shape index (κ1) is 31.4. The molecule has 9 nitrogen and oxygen atoms in total. The van der Waals surface area contributed by atoms with Crippen LogP contribution in [0, 0.1) is 0 Å². The number of carbonyl (C=O) groups is 4. The number of benzene rings is 1. The first-order valence-electron chi connectivity index (χ1n) is 12.4. The van der Waals surface area contributed by atoms with E-state index in [9.17, 15) is 19.2 Å². The van der Waals surface area contributed by atoms with E-state index in [1.807, 2.05) is 30.3 Å². The van der Waals surface area contributed by atoms with Gasteiger partial charge in [0.15, 0.2) is 0 Å². The smallest absolute Gasteiger partial charge is 0.408 e. The molecule has 0 saturated heterocycles. The summed E-state index contributed by atoms with van der Waals surface area (Å²) in [5.41, 5.74) is -1.33. The van der Waals surface area contributed by atoms with Gasteiger partial charge in [-0.15, -0.1) is 13.2 Å². The second-order valence-corrected chi connectivity index (χ2v) is 9.72. The van der Waals surface area contributed by atoms with Crippen molar-refractivity contribution in [3.63, 3.8) is 0 Å². The summed E-state index contributed by atoms with van der Waals surface area (Å²) in [5, 5.41) is 5.22. The Morgan fingerprint density at radius 1 is 1.05 bits per heavy atom. The lowest BCUT2D eigenvalue weighted by atomic mass is 9.90. The van der Waals surface area contributed by atoms with Gasteiger partial charge < -0.3 is 25.0 Å². The quantitative estimate of drug-likeness (QED) is 0.287. The molecule has 0 aliphatic heterocycles. The molecule has 1 aromatic rings. The first-order valence-corrected chi connectivity index (χ1v) is 12.4. The molecule has 0 spiro atoms. The third-order valence-corrected chi connectivity index (χ3v) is 5.47. The zero-order valence-electron chi connectivity index (χ0n) is 22.7. The SMILES string of the molecule is C=CCCC(C)(C(=O)NC(CC=C)C(=O)OCC)N(Cc1ccccc1)C(=O)CNC(=O)OC(C)(C)C. The van der Waals surface area contributed by atoms with Gasteiger partial charge in [-0.05, 0) is 59.4 Å². The van der Waals surface area contributed by atoms with Crippen molar-refractivity contribution in [1.29, 1.82) is 0 Å². The van der Waals surface area contributed by atoms with E-state index in [4.69, 9.17) is 9.47 Å². The van der Waals surface area contributed by atoms with Gasteiger partial charge in [-0.1, -0.05) is 42.5 Å².